The Balaban J connectivity index is 1.84. The van der Waals surface area contributed by atoms with Crippen molar-refractivity contribution in [2.24, 2.45) is 5.92 Å². The normalized spacial score (nSPS) is 20.7. The molecule has 5 nitrogen and oxygen atoms in total. The van der Waals surface area contributed by atoms with Crippen LogP contribution in [0.4, 0.5) is 0 Å². The topological polar surface area (TPSA) is 71.3 Å². The Morgan fingerprint density at radius 1 is 1.19 bits per heavy atom. The van der Waals surface area contributed by atoms with E-state index in [2.05, 4.69) is 10.0 Å². The van der Waals surface area contributed by atoms with E-state index < -0.39 is 10.0 Å². The van der Waals surface area contributed by atoms with Crippen LogP contribution in [0.1, 0.15) is 49.7 Å². The number of hydrogen-bond acceptors (Lipinski definition) is 4. The van der Waals surface area contributed by atoms with E-state index in [-0.39, 0.29) is 6.04 Å². The van der Waals surface area contributed by atoms with Crippen molar-refractivity contribution in [3.05, 3.63) is 17.1 Å². The summed E-state index contributed by atoms with van der Waals surface area (Å²) in [6.07, 6.45) is 4.58. The first-order valence-corrected chi connectivity index (χ1v) is 9.21. The Morgan fingerprint density at radius 3 is 2.43 bits per heavy atom. The zero-order valence-electron chi connectivity index (χ0n) is 12.9. The molecule has 118 valence electrons. The summed E-state index contributed by atoms with van der Waals surface area (Å²) in [5.41, 5.74) is 0.773. The van der Waals surface area contributed by atoms with Crippen LogP contribution in [0.2, 0.25) is 0 Å². The van der Waals surface area contributed by atoms with Crippen LogP contribution in [0.3, 0.4) is 0 Å². The van der Waals surface area contributed by atoms with Crippen LogP contribution in [-0.4, -0.2) is 20.5 Å². The van der Waals surface area contributed by atoms with Crippen molar-refractivity contribution in [2.75, 3.05) is 0 Å². The maximum absolute atomic E-state index is 12.7. The molecule has 0 amide bonds. The molecule has 0 aliphatic heterocycles. The first-order chi connectivity index (χ1) is 9.88. The average molecular weight is 312 g/mol. The summed E-state index contributed by atoms with van der Waals surface area (Å²) < 4.78 is 33.8. The van der Waals surface area contributed by atoms with Gasteiger partial charge >= 0.3 is 0 Å². The number of furan rings is 1. The van der Waals surface area contributed by atoms with Gasteiger partial charge in [-0.15, -0.1) is 0 Å². The summed E-state index contributed by atoms with van der Waals surface area (Å²) >= 11 is 0. The lowest BCUT2D eigenvalue weighted by atomic mass is 10.2. The van der Waals surface area contributed by atoms with Crippen LogP contribution in [0.15, 0.2) is 9.31 Å². The second-order valence-electron chi connectivity index (χ2n) is 6.42. The molecule has 1 unspecified atom stereocenters. The lowest BCUT2D eigenvalue weighted by molar-refractivity contribution is 0.491. The zero-order chi connectivity index (χ0) is 15.2. The van der Waals surface area contributed by atoms with E-state index in [0.717, 1.165) is 18.4 Å². The number of rotatable bonds is 7. The molecule has 2 N–H and O–H groups in total. The molecular weight excluding hydrogens is 288 g/mol. The lowest BCUT2D eigenvalue weighted by Crippen LogP contribution is -2.35. The van der Waals surface area contributed by atoms with Crippen molar-refractivity contribution in [1.82, 2.24) is 10.0 Å². The summed E-state index contributed by atoms with van der Waals surface area (Å²) in [7, 11) is -3.52. The van der Waals surface area contributed by atoms with E-state index in [1.165, 1.54) is 12.8 Å². The van der Waals surface area contributed by atoms with E-state index >= 15 is 0 Å². The van der Waals surface area contributed by atoms with Crippen LogP contribution < -0.4 is 10.0 Å². The first kappa shape index (κ1) is 15.1. The van der Waals surface area contributed by atoms with Gasteiger partial charge in [0.1, 0.15) is 16.4 Å². The zero-order valence-corrected chi connectivity index (χ0v) is 13.7. The SMILES string of the molecule is Cc1oc(C)c(S(=O)(=O)NC(C)C2CC2)c1CNC1CC1. The monoisotopic (exact) mass is 312 g/mol. The smallest absolute Gasteiger partial charge is 0.244 e. The van der Waals surface area contributed by atoms with Crippen molar-refractivity contribution in [1.29, 1.82) is 0 Å². The minimum absolute atomic E-state index is 0.00570. The van der Waals surface area contributed by atoms with E-state index in [0.29, 0.717) is 34.9 Å². The summed E-state index contributed by atoms with van der Waals surface area (Å²) in [6, 6.07) is 0.530. The summed E-state index contributed by atoms with van der Waals surface area (Å²) in [5, 5.41) is 3.38. The maximum Gasteiger partial charge on any atom is 0.244 e. The Bertz CT molecular complexity index is 628. The third-order valence-corrected chi connectivity index (χ3v) is 6.16. The van der Waals surface area contributed by atoms with Gasteiger partial charge in [-0.3, -0.25) is 0 Å². The highest BCUT2D eigenvalue weighted by atomic mass is 32.2. The molecule has 0 aromatic carbocycles. The van der Waals surface area contributed by atoms with Crippen LogP contribution in [-0.2, 0) is 16.6 Å². The van der Waals surface area contributed by atoms with E-state index in [1.54, 1.807) is 6.92 Å². The van der Waals surface area contributed by atoms with Gasteiger partial charge in [-0.2, -0.15) is 0 Å². The molecule has 1 aromatic rings. The van der Waals surface area contributed by atoms with Gasteiger partial charge in [-0.1, -0.05) is 0 Å². The molecule has 0 bridgehead atoms. The number of sulfonamides is 1. The van der Waals surface area contributed by atoms with E-state index in [1.807, 2.05) is 13.8 Å². The second-order valence-corrected chi connectivity index (χ2v) is 8.08. The molecule has 6 heteroatoms. The quantitative estimate of drug-likeness (QED) is 0.810. The van der Waals surface area contributed by atoms with Crippen LogP contribution in [0, 0.1) is 19.8 Å². The molecule has 2 aliphatic rings. The highest BCUT2D eigenvalue weighted by Gasteiger charge is 2.34. The van der Waals surface area contributed by atoms with Gasteiger partial charge < -0.3 is 9.73 Å². The Hall–Kier alpha value is -0.850. The molecule has 0 spiro atoms. The predicted molar refractivity (Wildman–Crippen MR) is 80.6 cm³/mol. The lowest BCUT2D eigenvalue weighted by Gasteiger charge is -2.14. The molecule has 1 aromatic heterocycles. The van der Waals surface area contributed by atoms with Crippen molar-refractivity contribution >= 4 is 10.0 Å². The van der Waals surface area contributed by atoms with Crippen molar-refractivity contribution in [3.8, 4) is 0 Å². The van der Waals surface area contributed by atoms with Gasteiger partial charge in [0.25, 0.3) is 0 Å². The van der Waals surface area contributed by atoms with E-state index in [9.17, 15) is 8.42 Å². The Morgan fingerprint density at radius 2 is 1.86 bits per heavy atom. The highest BCUT2D eigenvalue weighted by Crippen LogP contribution is 2.34. The van der Waals surface area contributed by atoms with E-state index in [4.69, 9.17) is 4.42 Å². The average Bonchev–Trinajstić information content (AvgIpc) is 3.25. The molecule has 0 radical (unpaired) electrons. The molecule has 1 heterocycles. The van der Waals surface area contributed by atoms with Crippen molar-refractivity contribution in [3.63, 3.8) is 0 Å². The molecule has 21 heavy (non-hydrogen) atoms. The highest BCUT2D eigenvalue weighted by molar-refractivity contribution is 7.89. The first-order valence-electron chi connectivity index (χ1n) is 7.73. The number of nitrogens with one attached hydrogen (secondary N) is 2. The molecule has 2 saturated carbocycles. The van der Waals surface area contributed by atoms with Gasteiger partial charge in [0.2, 0.25) is 10.0 Å². The summed E-state index contributed by atoms with van der Waals surface area (Å²) in [6.45, 7) is 6.06. The standard InChI is InChI=1S/C15H24N2O3S/c1-9(12-4-5-12)17-21(18,19)15-11(3)20-10(2)14(15)8-16-13-6-7-13/h9,12-13,16-17H,4-8H2,1-3H3. The Labute approximate surface area is 126 Å². The van der Waals surface area contributed by atoms with Gasteiger partial charge in [-0.25, -0.2) is 13.1 Å². The fraction of sp³-hybridized carbons (Fsp3) is 0.733. The van der Waals surface area contributed by atoms with Crippen LogP contribution in [0.25, 0.3) is 0 Å². The van der Waals surface area contributed by atoms with Gasteiger partial charge in [0, 0.05) is 24.2 Å². The maximum atomic E-state index is 12.7. The molecule has 3 rings (SSSR count). The Kier molecular flexibility index (Phi) is 3.88. The minimum Gasteiger partial charge on any atom is -0.465 e. The third kappa shape index (κ3) is 3.33. The minimum atomic E-state index is -3.52. The largest absolute Gasteiger partial charge is 0.465 e. The molecule has 2 aliphatic carbocycles. The molecular formula is C15H24N2O3S. The molecule has 2 fully saturated rings. The van der Waals surface area contributed by atoms with Crippen molar-refractivity contribution in [2.45, 2.75) is 70.0 Å². The third-order valence-electron chi connectivity index (χ3n) is 4.41. The summed E-state index contributed by atoms with van der Waals surface area (Å²) in [5.74, 6) is 1.66. The number of hydrogen-bond donors (Lipinski definition) is 2. The van der Waals surface area contributed by atoms with Crippen LogP contribution >= 0.6 is 0 Å². The summed E-state index contributed by atoms with van der Waals surface area (Å²) in [4.78, 5) is 0.334. The fourth-order valence-electron chi connectivity index (χ4n) is 2.80. The van der Waals surface area contributed by atoms with Gasteiger partial charge in [0.15, 0.2) is 0 Å². The van der Waals surface area contributed by atoms with Gasteiger partial charge in [-0.05, 0) is 52.4 Å². The molecule has 1 atom stereocenters. The van der Waals surface area contributed by atoms with Gasteiger partial charge in [0.05, 0.1) is 0 Å². The van der Waals surface area contributed by atoms with Crippen LogP contribution in [0.5, 0.6) is 0 Å². The molecule has 0 saturated heterocycles. The second kappa shape index (κ2) is 5.41. The van der Waals surface area contributed by atoms with Crippen molar-refractivity contribution < 1.29 is 12.8 Å². The predicted octanol–water partition coefficient (Wildman–Crippen LogP) is 2.23. The fourth-order valence-corrected chi connectivity index (χ4v) is 4.56. The number of aryl methyl sites for hydroxylation is 2.